The Labute approximate surface area is 159 Å². The Morgan fingerprint density at radius 3 is 2.74 bits per heavy atom. The molecule has 3 fully saturated rings. The van der Waals surface area contributed by atoms with Crippen molar-refractivity contribution in [2.45, 2.75) is 39.0 Å². The number of rotatable bonds is 5. The van der Waals surface area contributed by atoms with E-state index >= 15 is 0 Å². The molecule has 1 saturated heterocycles. The van der Waals surface area contributed by atoms with Crippen LogP contribution in [-0.4, -0.2) is 30.7 Å². The molecule has 0 radical (unpaired) electrons. The van der Waals surface area contributed by atoms with Gasteiger partial charge in [-0.05, 0) is 62.1 Å². The highest BCUT2D eigenvalue weighted by Gasteiger charge is 2.41. The average molecular weight is 368 g/mol. The van der Waals surface area contributed by atoms with Crippen LogP contribution in [0, 0.1) is 23.2 Å². The van der Waals surface area contributed by atoms with Gasteiger partial charge in [0, 0.05) is 17.1 Å². The molecule has 2 aromatic rings. The second-order valence-electron chi connectivity index (χ2n) is 9.11. The number of aromatic nitrogens is 1. The van der Waals surface area contributed by atoms with Crippen molar-refractivity contribution in [2.75, 3.05) is 25.1 Å². The largest absolute Gasteiger partial charge is 0.493 e. The van der Waals surface area contributed by atoms with E-state index in [2.05, 4.69) is 10.3 Å². The van der Waals surface area contributed by atoms with E-state index < -0.39 is 5.41 Å². The normalized spacial score (nSPS) is 28.7. The van der Waals surface area contributed by atoms with Gasteiger partial charge in [0.15, 0.2) is 0 Å². The van der Waals surface area contributed by atoms with E-state index in [4.69, 9.17) is 9.47 Å². The molecule has 1 aromatic carbocycles. The minimum absolute atomic E-state index is 0.0126. The molecule has 2 aliphatic carbocycles. The predicted octanol–water partition coefficient (Wildman–Crippen LogP) is 4.35. The van der Waals surface area contributed by atoms with Crippen molar-refractivity contribution in [3.63, 3.8) is 0 Å². The van der Waals surface area contributed by atoms with Crippen LogP contribution in [0.2, 0.25) is 0 Å². The molecular formula is C22H28N2O3. The number of nitrogens with one attached hydrogen (secondary N) is 2. The summed E-state index contributed by atoms with van der Waals surface area (Å²) in [7, 11) is 0. The van der Waals surface area contributed by atoms with Crippen molar-refractivity contribution >= 4 is 22.5 Å². The molecular weight excluding hydrogens is 340 g/mol. The number of anilines is 1. The molecule has 0 spiro atoms. The van der Waals surface area contributed by atoms with Crippen molar-refractivity contribution in [2.24, 2.45) is 23.2 Å². The van der Waals surface area contributed by atoms with Crippen LogP contribution in [0.25, 0.3) is 10.9 Å². The first kappa shape index (κ1) is 17.1. The summed E-state index contributed by atoms with van der Waals surface area (Å²) in [4.78, 5) is 15.7. The van der Waals surface area contributed by atoms with E-state index in [0.29, 0.717) is 19.1 Å². The number of aromatic amines is 1. The third-order valence-electron chi connectivity index (χ3n) is 6.76. The van der Waals surface area contributed by atoms with E-state index in [9.17, 15) is 4.79 Å². The monoisotopic (exact) mass is 368 g/mol. The zero-order chi connectivity index (χ0) is 18.4. The zero-order valence-electron chi connectivity index (χ0n) is 15.9. The van der Waals surface area contributed by atoms with Crippen LogP contribution in [0.5, 0.6) is 5.75 Å². The standard InChI is InChI=1S/C22H28N2O3/c1-22(12-26-13-22)21(25)24-20-10-23-19-5-4-17(9-18(19)20)27-11-16-7-14-2-3-15(6-14)8-16/h4-5,9-10,14-16,23H,2-3,6-8,11-13H2,1H3,(H,24,25)/t14-,15+,16?. The van der Waals surface area contributed by atoms with E-state index in [0.717, 1.165) is 40.8 Å². The fourth-order valence-corrected chi connectivity index (χ4v) is 5.10. The smallest absolute Gasteiger partial charge is 0.235 e. The SMILES string of the molecule is CC1(C(=O)Nc2c[nH]c3ccc(OCC4C[C@H]5CC[C@@H](C4)C5)cc23)COC1. The maximum absolute atomic E-state index is 12.5. The summed E-state index contributed by atoms with van der Waals surface area (Å²) in [6.45, 7) is 3.71. The number of hydrogen-bond donors (Lipinski definition) is 2. The molecule has 1 aliphatic heterocycles. The lowest BCUT2D eigenvalue weighted by Gasteiger charge is -2.36. The molecule has 2 heterocycles. The topological polar surface area (TPSA) is 63.4 Å². The first-order chi connectivity index (χ1) is 13.1. The molecule has 3 atom stereocenters. The molecule has 144 valence electrons. The van der Waals surface area contributed by atoms with E-state index in [1.165, 1.54) is 32.1 Å². The number of carbonyl (C=O) groups excluding carboxylic acids is 1. The summed E-state index contributed by atoms with van der Waals surface area (Å²) in [6, 6.07) is 6.08. The minimum atomic E-state index is -0.419. The Hall–Kier alpha value is -2.01. The van der Waals surface area contributed by atoms with Crippen LogP contribution < -0.4 is 10.1 Å². The molecule has 5 rings (SSSR count). The van der Waals surface area contributed by atoms with Gasteiger partial charge >= 0.3 is 0 Å². The van der Waals surface area contributed by atoms with Gasteiger partial charge in [0.2, 0.25) is 5.91 Å². The predicted molar refractivity (Wildman–Crippen MR) is 105 cm³/mol. The van der Waals surface area contributed by atoms with Gasteiger partial charge in [-0.1, -0.05) is 12.8 Å². The van der Waals surface area contributed by atoms with E-state index in [1.807, 2.05) is 31.3 Å². The molecule has 1 unspecified atom stereocenters. The molecule has 2 bridgehead atoms. The molecule has 2 saturated carbocycles. The summed E-state index contributed by atoms with van der Waals surface area (Å²) >= 11 is 0. The van der Waals surface area contributed by atoms with Crippen molar-refractivity contribution in [3.8, 4) is 5.75 Å². The van der Waals surface area contributed by atoms with Gasteiger partial charge in [-0.2, -0.15) is 0 Å². The Morgan fingerprint density at radius 2 is 2.04 bits per heavy atom. The number of fused-ring (bicyclic) bond motifs is 3. The fraction of sp³-hybridized carbons (Fsp3) is 0.591. The third kappa shape index (κ3) is 3.22. The van der Waals surface area contributed by atoms with Crippen molar-refractivity contribution in [1.82, 2.24) is 4.98 Å². The van der Waals surface area contributed by atoms with Crippen LogP contribution in [-0.2, 0) is 9.53 Å². The highest BCUT2D eigenvalue weighted by atomic mass is 16.5. The molecule has 5 nitrogen and oxygen atoms in total. The average Bonchev–Trinajstić information content (AvgIpc) is 3.20. The van der Waals surface area contributed by atoms with Gasteiger partial charge < -0.3 is 19.8 Å². The zero-order valence-corrected chi connectivity index (χ0v) is 15.9. The van der Waals surface area contributed by atoms with Crippen molar-refractivity contribution < 1.29 is 14.3 Å². The lowest BCUT2D eigenvalue weighted by Crippen LogP contribution is -2.49. The Morgan fingerprint density at radius 1 is 1.26 bits per heavy atom. The summed E-state index contributed by atoms with van der Waals surface area (Å²) in [6.07, 6.45) is 8.79. The second-order valence-corrected chi connectivity index (χ2v) is 9.11. The maximum Gasteiger partial charge on any atom is 0.235 e. The first-order valence-electron chi connectivity index (χ1n) is 10.2. The Balaban J connectivity index is 1.27. The van der Waals surface area contributed by atoms with Crippen LogP contribution >= 0.6 is 0 Å². The highest BCUT2D eigenvalue weighted by molar-refractivity contribution is 6.04. The number of carbonyl (C=O) groups is 1. The van der Waals surface area contributed by atoms with Crippen LogP contribution in [0.4, 0.5) is 5.69 Å². The highest BCUT2D eigenvalue weighted by Crippen LogP contribution is 2.44. The second kappa shape index (κ2) is 6.55. The Kier molecular flexibility index (Phi) is 4.15. The number of hydrogen-bond acceptors (Lipinski definition) is 3. The number of benzene rings is 1. The summed E-state index contributed by atoms with van der Waals surface area (Å²) in [5.41, 5.74) is 1.39. The number of amides is 1. The summed E-state index contributed by atoms with van der Waals surface area (Å²) < 4.78 is 11.4. The molecule has 1 aromatic heterocycles. The maximum atomic E-state index is 12.5. The van der Waals surface area contributed by atoms with Gasteiger partial charge in [-0.3, -0.25) is 4.79 Å². The molecule has 2 N–H and O–H groups in total. The number of ether oxygens (including phenoxy) is 2. The summed E-state index contributed by atoms with van der Waals surface area (Å²) in [5.74, 6) is 3.45. The quantitative estimate of drug-likeness (QED) is 0.825. The van der Waals surface area contributed by atoms with Gasteiger partial charge in [0.05, 0.1) is 30.9 Å². The van der Waals surface area contributed by atoms with Gasteiger partial charge in [0.25, 0.3) is 0 Å². The van der Waals surface area contributed by atoms with Gasteiger partial charge in [-0.25, -0.2) is 0 Å². The van der Waals surface area contributed by atoms with Crippen LogP contribution in [0.1, 0.15) is 39.0 Å². The van der Waals surface area contributed by atoms with Crippen molar-refractivity contribution in [3.05, 3.63) is 24.4 Å². The molecule has 5 heteroatoms. The third-order valence-corrected chi connectivity index (χ3v) is 6.76. The van der Waals surface area contributed by atoms with Crippen LogP contribution in [0.15, 0.2) is 24.4 Å². The molecule has 27 heavy (non-hydrogen) atoms. The molecule has 1 amide bonds. The molecule has 3 aliphatic rings. The Bertz CT molecular complexity index is 842. The fourth-order valence-electron chi connectivity index (χ4n) is 5.10. The summed E-state index contributed by atoms with van der Waals surface area (Å²) in [5, 5.41) is 4.05. The minimum Gasteiger partial charge on any atom is -0.493 e. The van der Waals surface area contributed by atoms with E-state index in [1.54, 1.807) is 0 Å². The lowest BCUT2D eigenvalue weighted by atomic mass is 9.81. The lowest BCUT2D eigenvalue weighted by molar-refractivity contribution is -0.151. The first-order valence-corrected chi connectivity index (χ1v) is 10.2. The van der Waals surface area contributed by atoms with Crippen molar-refractivity contribution in [1.29, 1.82) is 0 Å². The van der Waals surface area contributed by atoms with Gasteiger partial charge in [-0.15, -0.1) is 0 Å². The van der Waals surface area contributed by atoms with Crippen LogP contribution in [0.3, 0.4) is 0 Å². The van der Waals surface area contributed by atoms with E-state index in [-0.39, 0.29) is 5.91 Å². The van der Waals surface area contributed by atoms with Gasteiger partial charge in [0.1, 0.15) is 5.75 Å². The number of H-pyrrole nitrogens is 1.